The fourth-order valence-electron chi connectivity index (χ4n) is 2.38. The molecule has 0 bridgehead atoms. The SMILES string of the molecule is CNC(c1ccc(OC)c(F)c1)C1(C(=O)O)CC1. The number of methoxy groups -OCH3 is 1. The second-order valence-corrected chi connectivity index (χ2v) is 4.58. The van der Waals surface area contributed by atoms with E-state index in [1.54, 1.807) is 13.1 Å². The molecule has 18 heavy (non-hydrogen) atoms. The third-order valence-corrected chi connectivity index (χ3v) is 3.57. The van der Waals surface area contributed by atoms with Gasteiger partial charge in [-0.15, -0.1) is 0 Å². The maximum atomic E-state index is 13.7. The molecule has 98 valence electrons. The summed E-state index contributed by atoms with van der Waals surface area (Å²) in [7, 11) is 3.09. The largest absolute Gasteiger partial charge is 0.494 e. The molecule has 4 nitrogen and oxygen atoms in total. The van der Waals surface area contributed by atoms with Crippen LogP contribution in [-0.2, 0) is 4.79 Å². The van der Waals surface area contributed by atoms with Gasteiger partial charge in [0.25, 0.3) is 0 Å². The molecule has 0 radical (unpaired) electrons. The molecule has 1 aromatic carbocycles. The zero-order chi connectivity index (χ0) is 13.3. The summed E-state index contributed by atoms with van der Waals surface area (Å²) in [6, 6.07) is 4.18. The maximum absolute atomic E-state index is 13.7. The average molecular weight is 253 g/mol. The molecule has 0 spiro atoms. The van der Waals surface area contributed by atoms with E-state index in [1.165, 1.54) is 19.2 Å². The second-order valence-electron chi connectivity index (χ2n) is 4.58. The van der Waals surface area contributed by atoms with Gasteiger partial charge in [0.05, 0.1) is 12.5 Å². The number of hydrogen-bond acceptors (Lipinski definition) is 3. The first kappa shape index (κ1) is 12.8. The first-order valence-electron chi connectivity index (χ1n) is 5.79. The number of carboxylic acid groups (broad SMARTS) is 1. The first-order valence-corrected chi connectivity index (χ1v) is 5.79. The van der Waals surface area contributed by atoms with E-state index >= 15 is 0 Å². The molecule has 2 N–H and O–H groups in total. The van der Waals surface area contributed by atoms with Gasteiger partial charge in [0.15, 0.2) is 11.6 Å². The van der Waals surface area contributed by atoms with Crippen LogP contribution < -0.4 is 10.1 Å². The molecule has 1 unspecified atom stereocenters. The number of carboxylic acids is 1. The van der Waals surface area contributed by atoms with Crippen molar-refractivity contribution in [1.82, 2.24) is 5.32 Å². The molecule has 1 atom stereocenters. The minimum atomic E-state index is -0.835. The molecule has 1 aliphatic carbocycles. The van der Waals surface area contributed by atoms with Gasteiger partial charge in [-0.2, -0.15) is 0 Å². The van der Waals surface area contributed by atoms with E-state index < -0.39 is 17.2 Å². The summed E-state index contributed by atoms with van der Waals surface area (Å²) >= 11 is 0. The molecule has 0 aromatic heterocycles. The third-order valence-electron chi connectivity index (χ3n) is 3.57. The Balaban J connectivity index is 2.34. The van der Waals surface area contributed by atoms with Gasteiger partial charge in [0.1, 0.15) is 0 Å². The van der Waals surface area contributed by atoms with Crippen molar-refractivity contribution >= 4 is 5.97 Å². The Hall–Kier alpha value is -1.62. The minimum Gasteiger partial charge on any atom is -0.494 e. The van der Waals surface area contributed by atoms with Crippen LogP contribution in [0.5, 0.6) is 5.75 Å². The number of nitrogens with one attached hydrogen (secondary N) is 1. The van der Waals surface area contributed by atoms with Crippen molar-refractivity contribution in [1.29, 1.82) is 0 Å². The van der Waals surface area contributed by atoms with E-state index in [-0.39, 0.29) is 11.8 Å². The molecule has 5 heteroatoms. The van der Waals surface area contributed by atoms with Crippen LogP contribution in [0.15, 0.2) is 18.2 Å². The lowest BCUT2D eigenvalue weighted by molar-refractivity contribution is -0.144. The van der Waals surface area contributed by atoms with Crippen molar-refractivity contribution in [2.45, 2.75) is 18.9 Å². The van der Waals surface area contributed by atoms with Crippen molar-refractivity contribution in [2.24, 2.45) is 5.41 Å². The normalized spacial score (nSPS) is 18.2. The summed E-state index contributed by atoms with van der Waals surface area (Å²) in [6.07, 6.45) is 1.23. The highest BCUT2D eigenvalue weighted by atomic mass is 19.1. The molecule has 0 heterocycles. The van der Waals surface area contributed by atoms with Gasteiger partial charge in [-0.3, -0.25) is 4.79 Å². The van der Waals surface area contributed by atoms with E-state index in [0.717, 1.165) is 0 Å². The zero-order valence-corrected chi connectivity index (χ0v) is 10.4. The van der Waals surface area contributed by atoms with Crippen LogP contribution >= 0.6 is 0 Å². The lowest BCUT2D eigenvalue weighted by atomic mass is 9.90. The van der Waals surface area contributed by atoms with Crippen LogP contribution in [0.1, 0.15) is 24.4 Å². The summed E-state index contributed by atoms with van der Waals surface area (Å²) in [6.45, 7) is 0. The maximum Gasteiger partial charge on any atom is 0.311 e. The first-order chi connectivity index (χ1) is 8.55. The summed E-state index contributed by atoms with van der Waals surface area (Å²) in [5.74, 6) is -1.15. The quantitative estimate of drug-likeness (QED) is 0.842. The Labute approximate surface area is 105 Å². The lowest BCUT2D eigenvalue weighted by Crippen LogP contribution is -2.32. The van der Waals surface area contributed by atoms with Crippen LogP contribution in [0, 0.1) is 11.2 Å². The van der Waals surface area contributed by atoms with Crippen LogP contribution in [0.4, 0.5) is 4.39 Å². The number of halogens is 1. The van der Waals surface area contributed by atoms with E-state index in [1.807, 2.05) is 0 Å². The predicted molar refractivity (Wildman–Crippen MR) is 64.1 cm³/mol. The lowest BCUT2D eigenvalue weighted by Gasteiger charge is -2.23. The highest BCUT2D eigenvalue weighted by molar-refractivity contribution is 5.79. The Morgan fingerprint density at radius 1 is 1.56 bits per heavy atom. The standard InChI is InChI=1S/C13H16FNO3/c1-15-11(13(5-6-13)12(16)17)8-3-4-10(18-2)9(14)7-8/h3-4,7,11,15H,5-6H2,1-2H3,(H,16,17). The Bertz CT molecular complexity index is 471. The Kier molecular flexibility index (Phi) is 3.26. The number of ether oxygens (including phenoxy) is 1. The molecule has 1 fully saturated rings. The molecule has 2 rings (SSSR count). The van der Waals surface area contributed by atoms with Crippen molar-refractivity contribution in [3.63, 3.8) is 0 Å². The molecular weight excluding hydrogens is 237 g/mol. The van der Waals surface area contributed by atoms with Gasteiger partial charge in [-0.05, 0) is 37.6 Å². The Morgan fingerprint density at radius 3 is 2.61 bits per heavy atom. The molecule has 0 saturated heterocycles. The number of rotatable bonds is 5. The summed E-state index contributed by atoms with van der Waals surface area (Å²) < 4.78 is 18.5. The van der Waals surface area contributed by atoms with Gasteiger partial charge >= 0.3 is 5.97 Å². The molecule has 0 amide bonds. The molecule has 0 aliphatic heterocycles. The number of benzene rings is 1. The highest BCUT2D eigenvalue weighted by Gasteiger charge is 2.56. The number of aliphatic carboxylic acids is 1. The van der Waals surface area contributed by atoms with Crippen LogP contribution in [0.2, 0.25) is 0 Å². The van der Waals surface area contributed by atoms with Crippen molar-refractivity contribution in [3.05, 3.63) is 29.6 Å². The van der Waals surface area contributed by atoms with Crippen molar-refractivity contribution in [2.75, 3.05) is 14.2 Å². The van der Waals surface area contributed by atoms with Crippen LogP contribution in [0.3, 0.4) is 0 Å². The zero-order valence-electron chi connectivity index (χ0n) is 10.4. The van der Waals surface area contributed by atoms with E-state index in [4.69, 9.17) is 4.74 Å². The predicted octanol–water partition coefficient (Wildman–Crippen LogP) is 1.96. The summed E-state index contributed by atoms with van der Waals surface area (Å²) in [5.41, 5.74) is -0.161. The molecular formula is C13H16FNO3. The smallest absolute Gasteiger partial charge is 0.311 e. The van der Waals surface area contributed by atoms with Gasteiger partial charge < -0.3 is 15.2 Å². The topological polar surface area (TPSA) is 58.6 Å². The second kappa shape index (κ2) is 4.57. The van der Waals surface area contributed by atoms with Gasteiger partial charge in [-0.25, -0.2) is 4.39 Å². The van der Waals surface area contributed by atoms with Gasteiger partial charge in [-0.1, -0.05) is 6.07 Å². The third kappa shape index (κ3) is 1.95. The van der Waals surface area contributed by atoms with E-state index in [9.17, 15) is 14.3 Å². The van der Waals surface area contributed by atoms with Gasteiger partial charge in [0.2, 0.25) is 0 Å². The molecule has 1 aliphatic rings. The molecule has 1 saturated carbocycles. The summed E-state index contributed by atoms with van der Waals surface area (Å²) in [4.78, 5) is 11.3. The van der Waals surface area contributed by atoms with Crippen LogP contribution in [0.25, 0.3) is 0 Å². The fourth-order valence-corrected chi connectivity index (χ4v) is 2.38. The van der Waals surface area contributed by atoms with Crippen molar-refractivity contribution < 1.29 is 19.0 Å². The average Bonchev–Trinajstić information content (AvgIpc) is 3.12. The van der Waals surface area contributed by atoms with Crippen molar-refractivity contribution in [3.8, 4) is 5.75 Å². The van der Waals surface area contributed by atoms with E-state index in [0.29, 0.717) is 18.4 Å². The molecule has 1 aromatic rings. The number of hydrogen-bond donors (Lipinski definition) is 2. The summed E-state index contributed by atoms with van der Waals surface area (Å²) in [5, 5.41) is 12.3. The van der Waals surface area contributed by atoms with E-state index in [2.05, 4.69) is 5.32 Å². The van der Waals surface area contributed by atoms with Gasteiger partial charge in [0, 0.05) is 6.04 Å². The Morgan fingerprint density at radius 2 is 2.22 bits per heavy atom. The number of carbonyl (C=O) groups is 1. The van der Waals surface area contributed by atoms with Crippen LogP contribution in [-0.4, -0.2) is 25.2 Å². The monoisotopic (exact) mass is 253 g/mol. The minimum absolute atomic E-state index is 0.161. The fraction of sp³-hybridized carbons (Fsp3) is 0.462. The highest BCUT2D eigenvalue weighted by Crippen LogP contribution is 2.55.